The van der Waals surface area contributed by atoms with Crippen LogP contribution in [-0.2, 0) is 21.2 Å². The molecule has 0 aromatic heterocycles. The zero-order valence-corrected chi connectivity index (χ0v) is 16.9. The fourth-order valence-electron chi connectivity index (χ4n) is 3.10. The molecular formula is C20H25FN2O3S. The standard InChI is InChI=1S/C20H25FN2O3S/c1-5-17-8-6-7-14(2)20(17)23(16(4)24)12-11-22-27(25,26)19-10-9-18(21)13-15(19)3/h6-10,13,22H,5,11-12H2,1-4H3. The van der Waals surface area contributed by atoms with Gasteiger partial charge in [-0.1, -0.05) is 25.1 Å². The number of nitrogens with one attached hydrogen (secondary N) is 1. The topological polar surface area (TPSA) is 66.5 Å². The number of hydrogen-bond donors (Lipinski definition) is 1. The minimum absolute atomic E-state index is 0.0309. The smallest absolute Gasteiger partial charge is 0.240 e. The van der Waals surface area contributed by atoms with E-state index in [-0.39, 0.29) is 23.9 Å². The summed E-state index contributed by atoms with van der Waals surface area (Å²) < 4.78 is 40.7. The average Bonchev–Trinajstić information content (AvgIpc) is 2.58. The third-order valence-corrected chi connectivity index (χ3v) is 6.03. The molecule has 0 radical (unpaired) electrons. The van der Waals surface area contributed by atoms with Gasteiger partial charge < -0.3 is 4.90 Å². The Bertz CT molecular complexity index is 942. The Labute approximate surface area is 160 Å². The highest BCUT2D eigenvalue weighted by atomic mass is 32.2. The van der Waals surface area contributed by atoms with Gasteiger partial charge in [0.1, 0.15) is 5.82 Å². The number of para-hydroxylation sites is 1. The van der Waals surface area contributed by atoms with Crippen LogP contribution in [0, 0.1) is 19.7 Å². The second-order valence-corrected chi connectivity index (χ2v) is 8.15. The van der Waals surface area contributed by atoms with Crippen molar-refractivity contribution in [1.29, 1.82) is 0 Å². The lowest BCUT2D eigenvalue weighted by Crippen LogP contribution is -2.38. The highest BCUT2D eigenvalue weighted by molar-refractivity contribution is 7.89. The van der Waals surface area contributed by atoms with E-state index in [4.69, 9.17) is 0 Å². The number of amides is 1. The van der Waals surface area contributed by atoms with Crippen molar-refractivity contribution in [3.05, 3.63) is 58.9 Å². The number of aryl methyl sites for hydroxylation is 3. The average molecular weight is 392 g/mol. The second-order valence-electron chi connectivity index (χ2n) is 6.41. The number of sulfonamides is 1. The molecule has 0 saturated heterocycles. The van der Waals surface area contributed by atoms with Crippen LogP contribution in [0.3, 0.4) is 0 Å². The van der Waals surface area contributed by atoms with Gasteiger partial charge in [0.25, 0.3) is 0 Å². The zero-order valence-electron chi connectivity index (χ0n) is 16.0. The maximum Gasteiger partial charge on any atom is 0.240 e. The lowest BCUT2D eigenvalue weighted by atomic mass is 10.0. The van der Waals surface area contributed by atoms with Crippen LogP contribution in [-0.4, -0.2) is 27.4 Å². The normalized spacial score (nSPS) is 11.4. The molecule has 0 fully saturated rings. The molecule has 146 valence electrons. The molecule has 0 aliphatic carbocycles. The van der Waals surface area contributed by atoms with Crippen molar-refractivity contribution in [2.75, 3.05) is 18.0 Å². The van der Waals surface area contributed by atoms with Gasteiger partial charge in [-0.05, 0) is 55.2 Å². The van der Waals surface area contributed by atoms with E-state index >= 15 is 0 Å². The molecule has 0 aliphatic rings. The van der Waals surface area contributed by atoms with Gasteiger partial charge in [0.05, 0.1) is 4.90 Å². The maximum absolute atomic E-state index is 13.2. The molecule has 0 bridgehead atoms. The van der Waals surface area contributed by atoms with E-state index in [9.17, 15) is 17.6 Å². The number of hydrogen-bond acceptors (Lipinski definition) is 3. The van der Waals surface area contributed by atoms with Crippen LogP contribution in [0.4, 0.5) is 10.1 Å². The predicted octanol–water partition coefficient (Wildman–Crippen LogP) is 3.34. The second kappa shape index (κ2) is 8.63. The van der Waals surface area contributed by atoms with Crippen LogP contribution in [0.1, 0.15) is 30.5 Å². The molecule has 0 saturated carbocycles. The van der Waals surface area contributed by atoms with Gasteiger partial charge in [-0.3, -0.25) is 4.79 Å². The Kier molecular flexibility index (Phi) is 6.73. The van der Waals surface area contributed by atoms with Crippen molar-refractivity contribution >= 4 is 21.6 Å². The van der Waals surface area contributed by atoms with Crippen molar-refractivity contribution < 1.29 is 17.6 Å². The molecular weight excluding hydrogens is 367 g/mol. The van der Waals surface area contributed by atoms with Crippen molar-refractivity contribution in [2.24, 2.45) is 0 Å². The van der Waals surface area contributed by atoms with Gasteiger partial charge in [0.15, 0.2) is 0 Å². The molecule has 0 aliphatic heterocycles. The minimum atomic E-state index is -3.79. The van der Waals surface area contributed by atoms with E-state index < -0.39 is 15.8 Å². The van der Waals surface area contributed by atoms with Gasteiger partial charge in [-0.2, -0.15) is 0 Å². The summed E-state index contributed by atoms with van der Waals surface area (Å²) in [6, 6.07) is 9.37. The fraction of sp³-hybridized carbons (Fsp3) is 0.350. The lowest BCUT2D eigenvalue weighted by Gasteiger charge is -2.26. The molecule has 5 nitrogen and oxygen atoms in total. The maximum atomic E-state index is 13.2. The van der Waals surface area contributed by atoms with Crippen molar-refractivity contribution in [3.63, 3.8) is 0 Å². The Morgan fingerprint density at radius 2 is 1.85 bits per heavy atom. The zero-order chi connectivity index (χ0) is 20.2. The third-order valence-electron chi connectivity index (χ3n) is 4.41. The van der Waals surface area contributed by atoms with Crippen LogP contribution in [0.15, 0.2) is 41.3 Å². The molecule has 2 rings (SSSR count). The highest BCUT2D eigenvalue weighted by Crippen LogP contribution is 2.26. The number of carbonyl (C=O) groups excluding carboxylic acids is 1. The SMILES string of the molecule is CCc1cccc(C)c1N(CCNS(=O)(=O)c1ccc(F)cc1C)C(C)=O. The molecule has 0 spiro atoms. The largest absolute Gasteiger partial charge is 0.311 e. The summed E-state index contributed by atoms with van der Waals surface area (Å²) in [5.74, 6) is -0.642. The molecule has 0 heterocycles. The molecule has 7 heteroatoms. The van der Waals surface area contributed by atoms with E-state index in [2.05, 4.69) is 4.72 Å². The van der Waals surface area contributed by atoms with Gasteiger partial charge in [0, 0.05) is 25.7 Å². The Morgan fingerprint density at radius 3 is 2.44 bits per heavy atom. The first-order valence-electron chi connectivity index (χ1n) is 8.79. The van der Waals surface area contributed by atoms with Gasteiger partial charge in [0.2, 0.25) is 15.9 Å². The van der Waals surface area contributed by atoms with E-state index in [0.717, 1.165) is 29.3 Å². The summed E-state index contributed by atoms with van der Waals surface area (Å²) in [6.45, 7) is 7.20. The summed E-state index contributed by atoms with van der Waals surface area (Å²) >= 11 is 0. The van der Waals surface area contributed by atoms with E-state index in [1.807, 2.05) is 32.0 Å². The Hall–Kier alpha value is -2.25. The molecule has 27 heavy (non-hydrogen) atoms. The van der Waals surface area contributed by atoms with Gasteiger partial charge in [-0.25, -0.2) is 17.5 Å². The van der Waals surface area contributed by atoms with Crippen LogP contribution in [0.2, 0.25) is 0 Å². The first-order chi connectivity index (χ1) is 12.7. The number of halogens is 1. The summed E-state index contributed by atoms with van der Waals surface area (Å²) in [6.07, 6.45) is 0.765. The molecule has 2 aromatic carbocycles. The number of benzene rings is 2. The quantitative estimate of drug-likeness (QED) is 0.786. The molecule has 2 aromatic rings. The van der Waals surface area contributed by atoms with E-state index in [0.29, 0.717) is 5.56 Å². The molecule has 0 atom stereocenters. The van der Waals surface area contributed by atoms with E-state index in [1.54, 1.807) is 11.8 Å². The van der Waals surface area contributed by atoms with Gasteiger partial charge in [-0.15, -0.1) is 0 Å². The van der Waals surface area contributed by atoms with Gasteiger partial charge >= 0.3 is 0 Å². The Morgan fingerprint density at radius 1 is 1.15 bits per heavy atom. The van der Waals surface area contributed by atoms with Crippen LogP contribution in [0.5, 0.6) is 0 Å². The summed E-state index contributed by atoms with van der Waals surface area (Å²) in [7, 11) is -3.79. The van der Waals surface area contributed by atoms with Crippen molar-refractivity contribution in [2.45, 2.75) is 39.0 Å². The van der Waals surface area contributed by atoms with Crippen molar-refractivity contribution in [3.8, 4) is 0 Å². The molecule has 0 unspecified atom stereocenters. The summed E-state index contributed by atoms with van der Waals surface area (Å²) in [5.41, 5.74) is 3.15. The first kappa shape index (κ1) is 21.1. The molecule has 1 amide bonds. The van der Waals surface area contributed by atoms with Crippen LogP contribution in [0.25, 0.3) is 0 Å². The predicted molar refractivity (Wildman–Crippen MR) is 105 cm³/mol. The van der Waals surface area contributed by atoms with Crippen molar-refractivity contribution in [1.82, 2.24) is 4.72 Å². The van der Waals surface area contributed by atoms with Crippen LogP contribution >= 0.6 is 0 Å². The lowest BCUT2D eigenvalue weighted by molar-refractivity contribution is -0.116. The summed E-state index contributed by atoms with van der Waals surface area (Å²) in [4.78, 5) is 13.8. The van der Waals surface area contributed by atoms with Crippen LogP contribution < -0.4 is 9.62 Å². The minimum Gasteiger partial charge on any atom is -0.311 e. The third kappa shape index (κ3) is 4.93. The number of carbonyl (C=O) groups is 1. The molecule has 1 N–H and O–H groups in total. The Balaban J connectivity index is 2.19. The van der Waals surface area contributed by atoms with E-state index in [1.165, 1.54) is 19.1 Å². The first-order valence-corrected chi connectivity index (χ1v) is 10.3. The highest BCUT2D eigenvalue weighted by Gasteiger charge is 2.20. The number of anilines is 1. The monoisotopic (exact) mass is 392 g/mol. The fourth-order valence-corrected chi connectivity index (χ4v) is 4.35. The number of rotatable bonds is 7. The number of nitrogens with zero attached hydrogens (tertiary/aromatic N) is 1. The summed E-state index contributed by atoms with van der Waals surface area (Å²) in [5, 5.41) is 0.